The van der Waals surface area contributed by atoms with Crippen LogP contribution in [0.4, 0.5) is 0 Å². The summed E-state index contributed by atoms with van der Waals surface area (Å²) in [4.78, 5) is 16.9. The van der Waals surface area contributed by atoms with Crippen LogP contribution < -0.4 is 0 Å². The Hall–Kier alpha value is -2.28. The molecular weight excluding hydrogens is 268 g/mol. The standard InChI is InChI=1S/C14H18N6O/c1-11-9-18(2)6-7-19(11)14(21)12-4-3-5-13(8-12)20-10-15-16-17-20/h3-5,8,10-11H,6-7,9H2,1-2H3. The van der Waals surface area contributed by atoms with Gasteiger partial charge in [-0.25, -0.2) is 4.68 Å². The summed E-state index contributed by atoms with van der Waals surface area (Å²) >= 11 is 0. The van der Waals surface area contributed by atoms with Crippen LogP contribution in [0.15, 0.2) is 30.6 Å². The summed E-state index contributed by atoms with van der Waals surface area (Å²) < 4.78 is 1.55. The van der Waals surface area contributed by atoms with Gasteiger partial charge in [-0.3, -0.25) is 4.79 Å². The second kappa shape index (κ2) is 5.61. The molecule has 1 amide bonds. The molecule has 2 aromatic rings. The van der Waals surface area contributed by atoms with Crippen molar-refractivity contribution in [2.75, 3.05) is 26.7 Å². The third-order valence-corrected chi connectivity index (χ3v) is 3.80. The first-order valence-electron chi connectivity index (χ1n) is 6.98. The van der Waals surface area contributed by atoms with E-state index < -0.39 is 0 Å². The van der Waals surface area contributed by atoms with E-state index in [4.69, 9.17) is 0 Å². The van der Waals surface area contributed by atoms with Crippen molar-refractivity contribution in [1.82, 2.24) is 30.0 Å². The lowest BCUT2D eigenvalue weighted by Gasteiger charge is -2.38. The Morgan fingerprint density at radius 2 is 2.19 bits per heavy atom. The van der Waals surface area contributed by atoms with Gasteiger partial charge in [0.2, 0.25) is 0 Å². The van der Waals surface area contributed by atoms with Crippen LogP contribution in [0, 0.1) is 0 Å². The van der Waals surface area contributed by atoms with E-state index in [1.807, 2.05) is 29.2 Å². The third-order valence-electron chi connectivity index (χ3n) is 3.80. The quantitative estimate of drug-likeness (QED) is 0.801. The highest BCUT2D eigenvalue weighted by atomic mass is 16.2. The zero-order valence-corrected chi connectivity index (χ0v) is 12.2. The topological polar surface area (TPSA) is 67.2 Å². The van der Waals surface area contributed by atoms with Crippen molar-refractivity contribution >= 4 is 5.91 Å². The highest BCUT2D eigenvalue weighted by Crippen LogP contribution is 2.15. The molecule has 1 aliphatic heterocycles. The maximum absolute atomic E-state index is 12.7. The van der Waals surface area contributed by atoms with E-state index in [9.17, 15) is 4.79 Å². The van der Waals surface area contributed by atoms with Crippen LogP contribution in [0.3, 0.4) is 0 Å². The average molecular weight is 286 g/mol. The van der Waals surface area contributed by atoms with Gasteiger partial charge in [-0.15, -0.1) is 5.10 Å². The van der Waals surface area contributed by atoms with Crippen molar-refractivity contribution in [3.63, 3.8) is 0 Å². The van der Waals surface area contributed by atoms with E-state index in [0.29, 0.717) is 5.56 Å². The normalized spacial score (nSPS) is 19.7. The molecule has 1 aliphatic rings. The van der Waals surface area contributed by atoms with Gasteiger partial charge in [-0.2, -0.15) is 0 Å². The van der Waals surface area contributed by atoms with Crippen molar-refractivity contribution in [3.05, 3.63) is 36.2 Å². The number of amides is 1. The molecule has 0 radical (unpaired) electrons. The molecule has 3 rings (SSSR count). The van der Waals surface area contributed by atoms with E-state index in [0.717, 1.165) is 25.3 Å². The molecule has 1 aromatic heterocycles. The maximum Gasteiger partial charge on any atom is 0.254 e. The summed E-state index contributed by atoms with van der Waals surface area (Å²) in [6.07, 6.45) is 1.52. The number of carbonyl (C=O) groups excluding carboxylic acids is 1. The Kier molecular flexibility index (Phi) is 3.66. The van der Waals surface area contributed by atoms with E-state index in [-0.39, 0.29) is 11.9 Å². The molecule has 2 heterocycles. The fourth-order valence-corrected chi connectivity index (χ4v) is 2.67. The first kappa shape index (κ1) is 13.7. The molecule has 0 bridgehead atoms. The van der Waals surface area contributed by atoms with E-state index in [2.05, 4.69) is 34.4 Å². The lowest BCUT2D eigenvalue weighted by atomic mass is 10.1. The molecule has 7 nitrogen and oxygen atoms in total. The zero-order valence-electron chi connectivity index (χ0n) is 12.2. The monoisotopic (exact) mass is 286 g/mol. The number of hydrogen-bond donors (Lipinski definition) is 0. The van der Waals surface area contributed by atoms with Gasteiger partial charge in [0.25, 0.3) is 5.91 Å². The molecule has 110 valence electrons. The van der Waals surface area contributed by atoms with Gasteiger partial charge in [0.1, 0.15) is 6.33 Å². The van der Waals surface area contributed by atoms with Gasteiger partial charge in [0.05, 0.1) is 5.69 Å². The fourth-order valence-electron chi connectivity index (χ4n) is 2.67. The summed E-state index contributed by atoms with van der Waals surface area (Å²) in [5.41, 5.74) is 1.45. The van der Waals surface area contributed by atoms with Gasteiger partial charge in [0, 0.05) is 31.2 Å². The Morgan fingerprint density at radius 3 is 2.90 bits per heavy atom. The second-order valence-electron chi connectivity index (χ2n) is 5.41. The SMILES string of the molecule is CC1CN(C)CCN1C(=O)c1cccc(-n2cnnn2)c1. The molecule has 0 aliphatic carbocycles. The summed E-state index contributed by atoms with van der Waals surface area (Å²) in [5, 5.41) is 11.1. The number of piperazine rings is 1. The van der Waals surface area contributed by atoms with Crippen LogP contribution in [0.25, 0.3) is 5.69 Å². The number of hydrogen-bond acceptors (Lipinski definition) is 5. The average Bonchev–Trinajstić information content (AvgIpc) is 3.01. The molecule has 0 N–H and O–H groups in total. The molecule has 0 spiro atoms. The molecule has 7 heteroatoms. The molecular formula is C14H18N6O. The van der Waals surface area contributed by atoms with E-state index in [1.54, 1.807) is 4.68 Å². The highest BCUT2D eigenvalue weighted by Gasteiger charge is 2.26. The second-order valence-corrected chi connectivity index (χ2v) is 5.41. The van der Waals surface area contributed by atoms with Gasteiger partial charge < -0.3 is 9.80 Å². The largest absolute Gasteiger partial charge is 0.333 e. The minimum absolute atomic E-state index is 0.0607. The fraction of sp³-hybridized carbons (Fsp3) is 0.429. The minimum atomic E-state index is 0.0607. The van der Waals surface area contributed by atoms with Gasteiger partial charge >= 0.3 is 0 Å². The number of nitrogens with zero attached hydrogens (tertiary/aromatic N) is 6. The summed E-state index contributed by atoms with van der Waals surface area (Å²) in [6.45, 7) is 4.64. The molecule has 1 unspecified atom stereocenters. The molecule has 21 heavy (non-hydrogen) atoms. The molecule has 1 atom stereocenters. The number of aromatic nitrogens is 4. The molecule has 0 saturated carbocycles. The predicted octanol–water partition coefficient (Wildman–Crippen LogP) is 0.438. The van der Waals surface area contributed by atoms with E-state index in [1.165, 1.54) is 6.33 Å². The first-order valence-corrected chi connectivity index (χ1v) is 6.98. The third kappa shape index (κ3) is 2.78. The zero-order chi connectivity index (χ0) is 14.8. The van der Waals surface area contributed by atoms with Crippen LogP contribution >= 0.6 is 0 Å². The Morgan fingerprint density at radius 1 is 1.33 bits per heavy atom. The predicted molar refractivity (Wildman–Crippen MR) is 77.1 cm³/mol. The number of rotatable bonds is 2. The van der Waals surface area contributed by atoms with Crippen LogP contribution in [-0.4, -0.2) is 68.6 Å². The summed E-state index contributed by atoms with van der Waals surface area (Å²) in [5.74, 6) is 0.0607. The van der Waals surface area contributed by atoms with Crippen molar-refractivity contribution < 1.29 is 4.79 Å². The van der Waals surface area contributed by atoms with Crippen LogP contribution in [-0.2, 0) is 0 Å². The van der Waals surface area contributed by atoms with Crippen molar-refractivity contribution in [2.24, 2.45) is 0 Å². The van der Waals surface area contributed by atoms with Gasteiger partial charge in [-0.05, 0) is 42.6 Å². The number of tetrazole rings is 1. The first-order chi connectivity index (χ1) is 10.1. The maximum atomic E-state index is 12.7. The number of likely N-dealkylation sites (N-methyl/N-ethyl adjacent to an activating group) is 1. The van der Waals surface area contributed by atoms with Crippen LogP contribution in [0.1, 0.15) is 17.3 Å². The molecule has 1 fully saturated rings. The Bertz CT molecular complexity index is 626. The summed E-state index contributed by atoms with van der Waals surface area (Å²) in [7, 11) is 2.08. The van der Waals surface area contributed by atoms with Gasteiger partial charge in [0.15, 0.2) is 0 Å². The van der Waals surface area contributed by atoms with Crippen LogP contribution in [0.5, 0.6) is 0 Å². The smallest absolute Gasteiger partial charge is 0.254 e. The number of carbonyl (C=O) groups is 1. The number of benzene rings is 1. The van der Waals surface area contributed by atoms with Crippen LogP contribution in [0.2, 0.25) is 0 Å². The molecule has 1 saturated heterocycles. The van der Waals surface area contributed by atoms with Crippen molar-refractivity contribution in [1.29, 1.82) is 0 Å². The highest BCUT2D eigenvalue weighted by molar-refractivity contribution is 5.95. The Balaban J connectivity index is 1.83. The summed E-state index contributed by atoms with van der Waals surface area (Å²) in [6, 6.07) is 7.60. The lowest BCUT2D eigenvalue weighted by molar-refractivity contribution is 0.0533. The van der Waals surface area contributed by atoms with E-state index >= 15 is 0 Å². The minimum Gasteiger partial charge on any atom is -0.333 e. The van der Waals surface area contributed by atoms with Crippen molar-refractivity contribution in [3.8, 4) is 5.69 Å². The van der Waals surface area contributed by atoms with Crippen molar-refractivity contribution in [2.45, 2.75) is 13.0 Å². The lowest BCUT2D eigenvalue weighted by Crippen LogP contribution is -2.52. The Labute approximate surface area is 123 Å². The van der Waals surface area contributed by atoms with Gasteiger partial charge in [-0.1, -0.05) is 6.07 Å². The molecule has 1 aromatic carbocycles.